The molecule has 3 aromatic rings. The predicted octanol–water partition coefficient (Wildman–Crippen LogP) is 4.05. The van der Waals surface area contributed by atoms with Crippen molar-refractivity contribution in [3.8, 4) is 11.3 Å². The van der Waals surface area contributed by atoms with E-state index < -0.39 is 11.6 Å². The Morgan fingerprint density at radius 2 is 1.83 bits per heavy atom. The Hall–Kier alpha value is -2.21. The molecule has 3 rings (SSSR count). The third-order valence-corrected chi connectivity index (χ3v) is 3.91. The highest BCUT2D eigenvalue weighted by atomic mass is 35.5. The predicted molar refractivity (Wildman–Crippen MR) is 85.0 cm³/mol. The first kappa shape index (κ1) is 15.7. The Bertz CT molecular complexity index is 952. The van der Waals surface area contributed by atoms with E-state index in [1.165, 1.54) is 10.6 Å². The lowest BCUT2D eigenvalue weighted by atomic mass is 10.0. The number of H-pyrrole nitrogens is 1. The third-order valence-electron chi connectivity index (χ3n) is 3.69. The largest absolute Gasteiger partial charge is 0.289 e. The SMILES string of the molecule is Cc1nc2cc(-c3c(F)cc(Cl)cc3F)[nH]n2c(=O)c1C(C)C. The first-order valence-electron chi connectivity index (χ1n) is 7.06. The number of hydrogen-bond acceptors (Lipinski definition) is 2. The first-order valence-corrected chi connectivity index (χ1v) is 7.44. The van der Waals surface area contributed by atoms with Gasteiger partial charge in [0.1, 0.15) is 11.6 Å². The molecule has 0 bridgehead atoms. The molecule has 0 radical (unpaired) electrons. The lowest BCUT2D eigenvalue weighted by Gasteiger charge is -2.07. The van der Waals surface area contributed by atoms with Gasteiger partial charge in [0.25, 0.3) is 5.56 Å². The zero-order valence-electron chi connectivity index (χ0n) is 12.7. The van der Waals surface area contributed by atoms with Gasteiger partial charge in [-0.15, -0.1) is 0 Å². The van der Waals surface area contributed by atoms with Gasteiger partial charge in [-0.1, -0.05) is 25.4 Å². The van der Waals surface area contributed by atoms with Crippen molar-refractivity contribution in [3.05, 3.63) is 56.5 Å². The minimum absolute atomic E-state index is 0.0114. The number of rotatable bonds is 2. The molecule has 120 valence electrons. The molecule has 0 saturated carbocycles. The Labute approximate surface area is 135 Å². The van der Waals surface area contributed by atoms with Crippen molar-refractivity contribution in [3.63, 3.8) is 0 Å². The quantitative estimate of drug-likeness (QED) is 0.767. The number of aromatic nitrogens is 3. The number of aromatic amines is 1. The van der Waals surface area contributed by atoms with E-state index >= 15 is 0 Å². The number of nitrogens with zero attached hydrogens (tertiary/aromatic N) is 2. The molecule has 0 fully saturated rings. The van der Waals surface area contributed by atoms with E-state index in [1.807, 2.05) is 13.8 Å². The monoisotopic (exact) mass is 337 g/mol. The van der Waals surface area contributed by atoms with Crippen molar-refractivity contribution >= 4 is 17.2 Å². The lowest BCUT2D eigenvalue weighted by Crippen LogP contribution is -2.22. The number of aryl methyl sites for hydroxylation is 1. The molecule has 4 nitrogen and oxygen atoms in total. The van der Waals surface area contributed by atoms with Gasteiger partial charge < -0.3 is 0 Å². The van der Waals surface area contributed by atoms with Crippen molar-refractivity contribution < 1.29 is 8.78 Å². The molecule has 0 unspecified atom stereocenters. The fourth-order valence-electron chi connectivity index (χ4n) is 2.74. The molecule has 0 saturated heterocycles. The smallest absolute Gasteiger partial charge is 0.276 e. The van der Waals surface area contributed by atoms with Gasteiger partial charge in [0.05, 0.1) is 11.3 Å². The Balaban J connectivity index is 2.31. The maximum absolute atomic E-state index is 14.1. The molecular weight excluding hydrogens is 324 g/mol. The van der Waals surface area contributed by atoms with Crippen LogP contribution in [0.1, 0.15) is 31.0 Å². The molecule has 1 N–H and O–H groups in total. The van der Waals surface area contributed by atoms with Gasteiger partial charge in [0, 0.05) is 22.3 Å². The van der Waals surface area contributed by atoms with E-state index in [9.17, 15) is 13.6 Å². The van der Waals surface area contributed by atoms with Crippen LogP contribution in [0.2, 0.25) is 5.02 Å². The van der Waals surface area contributed by atoms with Crippen molar-refractivity contribution in [1.82, 2.24) is 14.6 Å². The van der Waals surface area contributed by atoms with Gasteiger partial charge >= 0.3 is 0 Å². The summed E-state index contributed by atoms with van der Waals surface area (Å²) in [6.45, 7) is 5.52. The zero-order chi connectivity index (χ0) is 16.9. The van der Waals surface area contributed by atoms with E-state index in [-0.39, 0.29) is 27.8 Å². The van der Waals surface area contributed by atoms with Crippen molar-refractivity contribution in [1.29, 1.82) is 0 Å². The molecule has 0 aliphatic carbocycles. The fourth-order valence-corrected chi connectivity index (χ4v) is 2.93. The summed E-state index contributed by atoms with van der Waals surface area (Å²) in [6, 6.07) is 3.48. The van der Waals surface area contributed by atoms with Crippen LogP contribution >= 0.6 is 11.6 Å². The molecule has 1 aromatic carbocycles. The summed E-state index contributed by atoms with van der Waals surface area (Å²) in [6.07, 6.45) is 0. The fraction of sp³-hybridized carbons (Fsp3) is 0.250. The minimum atomic E-state index is -0.810. The molecule has 2 heterocycles. The van der Waals surface area contributed by atoms with E-state index in [0.29, 0.717) is 16.9 Å². The maximum Gasteiger partial charge on any atom is 0.276 e. The van der Waals surface area contributed by atoms with Crippen LogP contribution in [0.3, 0.4) is 0 Å². The standard InChI is InChI=1S/C16H14ClF2N3O/c1-7(2)14-8(3)20-13-6-12(21-22(13)16(14)23)15-10(18)4-9(17)5-11(15)19/h4-7,21H,1-3H3. The van der Waals surface area contributed by atoms with Gasteiger partial charge in [-0.05, 0) is 25.0 Å². The molecule has 0 aliphatic rings. The zero-order valence-corrected chi connectivity index (χ0v) is 13.5. The van der Waals surface area contributed by atoms with Crippen molar-refractivity contribution in [2.45, 2.75) is 26.7 Å². The van der Waals surface area contributed by atoms with E-state index in [1.54, 1.807) is 6.92 Å². The summed E-state index contributed by atoms with van der Waals surface area (Å²) >= 11 is 5.63. The van der Waals surface area contributed by atoms with Gasteiger partial charge in [0.2, 0.25) is 0 Å². The van der Waals surface area contributed by atoms with Crippen LogP contribution in [0.5, 0.6) is 0 Å². The molecule has 0 spiro atoms. The number of benzene rings is 1. The highest BCUT2D eigenvalue weighted by Gasteiger charge is 2.19. The molecule has 2 aromatic heterocycles. The molecule has 23 heavy (non-hydrogen) atoms. The van der Waals surface area contributed by atoms with Crippen molar-refractivity contribution in [2.75, 3.05) is 0 Å². The average molecular weight is 338 g/mol. The van der Waals surface area contributed by atoms with Crippen LogP contribution in [-0.4, -0.2) is 14.6 Å². The van der Waals surface area contributed by atoms with Crippen LogP contribution in [0, 0.1) is 18.6 Å². The van der Waals surface area contributed by atoms with E-state index in [0.717, 1.165) is 12.1 Å². The van der Waals surface area contributed by atoms with Crippen LogP contribution < -0.4 is 5.56 Å². The molecular formula is C16H14ClF2N3O. The summed E-state index contributed by atoms with van der Waals surface area (Å²) in [4.78, 5) is 16.9. The summed E-state index contributed by atoms with van der Waals surface area (Å²) in [7, 11) is 0. The number of hydrogen-bond donors (Lipinski definition) is 1. The second-order valence-electron chi connectivity index (χ2n) is 5.68. The minimum Gasteiger partial charge on any atom is -0.289 e. The molecule has 0 amide bonds. The molecule has 7 heteroatoms. The van der Waals surface area contributed by atoms with Gasteiger partial charge in [-0.25, -0.2) is 18.3 Å². The van der Waals surface area contributed by atoms with Crippen molar-refractivity contribution in [2.24, 2.45) is 0 Å². The van der Waals surface area contributed by atoms with Crippen LogP contribution in [-0.2, 0) is 0 Å². The second kappa shape index (κ2) is 5.45. The van der Waals surface area contributed by atoms with Gasteiger partial charge in [0.15, 0.2) is 5.65 Å². The first-order chi connectivity index (χ1) is 10.8. The summed E-state index contributed by atoms with van der Waals surface area (Å²) in [5, 5.41) is 2.69. The summed E-state index contributed by atoms with van der Waals surface area (Å²) in [5.41, 5.74) is 1.05. The topological polar surface area (TPSA) is 50.2 Å². The number of halogens is 3. The van der Waals surface area contributed by atoms with Crippen LogP contribution in [0.15, 0.2) is 23.0 Å². The Morgan fingerprint density at radius 3 is 2.39 bits per heavy atom. The van der Waals surface area contributed by atoms with E-state index in [4.69, 9.17) is 11.6 Å². The highest BCUT2D eigenvalue weighted by molar-refractivity contribution is 6.30. The second-order valence-corrected chi connectivity index (χ2v) is 6.12. The summed E-state index contributed by atoms with van der Waals surface area (Å²) < 4.78 is 29.3. The average Bonchev–Trinajstić information content (AvgIpc) is 2.80. The highest BCUT2D eigenvalue weighted by Crippen LogP contribution is 2.28. The Kier molecular flexibility index (Phi) is 3.72. The molecule has 0 aliphatic heterocycles. The normalized spacial score (nSPS) is 11.6. The number of fused-ring (bicyclic) bond motifs is 1. The van der Waals surface area contributed by atoms with Gasteiger partial charge in [-0.2, -0.15) is 0 Å². The Morgan fingerprint density at radius 1 is 1.22 bits per heavy atom. The number of nitrogens with one attached hydrogen (secondary N) is 1. The lowest BCUT2D eigenvalue weighted by molar-refractivity contribution is 0.588. The third kappa shape index (κ3) is 2.53. The molecule has 0 atom stereocenters. The summed E-state index contributed by atoms with van der Waals surface area (Å²) in [5.74, 6) is -1.63. The van der Waals surface area contributed by atoms with Crippen LogP contribution in [0.4, 0.5) is 8.78 Å². The van der Waals surface area contributed by atoms with E-state index in [2.05, 4.69) is 10.1 Å². The maximum atomic E-state index is 14.1. The van der Waals surface area contributed by atoms with Crippen LogP contribution in [0.25, 0.3) is 16.9 Å². The van der Waals surface area contributed by atoms with Gasteiger partial charge in [-0.3, -0.25) is 9.89 Å².